The molecule has 0 aliphatic rings. The predicted octanol–water partition coefficient (Wildman–Crippen LogP) is 2.91. The summed E-state index contributed by atoms with van der Waals surface area (Å²) in [4.78, 5) is 1.29. The van der Waals surface area contributed by atoms with E-state index in [1.54, 1.807) is 0 Å². The van der Waals surface area contributed by atoms with E-state index in [1.807, 2.05) is 17.8 Å². The lowest BCUT2D eigenvalue weighted by Gasteiger charge is -2.30. The molecule has 3 heteroatoms. The zero-order chi connectivity index (χ0) is 12.6. The Bertz CT molecular complexity index is 298. The summed E-state index contributed by atoms with van der Waals surface area (Å²) in [6.07, 6.45) is 3.07. The van der Waals surface area contributed by atoms with E-state index in [-0.39, 0.29) is 12.0 Å². The number of hydrogen-bond donors (Lipinski definition) is 2. The van der Waals surface area contributed by atoms with Gasteiger partial charge in [-0.1, -0.05) is 31.5 Å². The first-order valence-corrected chi connectivity index (χ1v) is 7.23. The van der Waals surface area contributed by atoms with Crippen LogP contribution >= 0.6 is 11.8 Å². The van der Waals surface area contributed by atoms with Gasteiger partial charge in [0.25, 0.3) is 0 Å². The van der Waals surface area contributed by atoms with Crippen LogP contribution in [0.2, 0.25) is 0 Å². The average molecular weight is 253 g/mol. The lowest BCUT2D eigenvalue weighted by Crippen LogP contribution is -2.34. The monoisotopic (exact) mass is 253 g/mol. The van der Waals surface area contributed by atoms with Crippen molar-refractivity contribution in [1.82, 2.24) is 0 Å². The molecule has 0 amide bonds. The fourth-order valence-electron chi connectivity index (χ4n) is 1.98. The van der Waals surface area contributed by atoms with Crippen molar-refractivity contribution in [3.05, 3.63) is 30.3 Å². The van der Waals surface area contributed by atoms with Crippen LogP contribution in [0, 0.1) is 5.41 Å². The van der Waals surface area contributed by atoms with Gasteiger partial charge in [0.15, 0.2) is 0 Å². The summed E-state index contributed by atoms with van der Waals surface area (Å²) in [5, 5.41) is 9.52. The van der Waals surface area contributed by atoms with Crippen molar-refractivity contribution in [2.24, 2.45) is 11.1 Å². The second-order valence-corrected chi connectivity index (χ2v) is 5.69. The van der Waals surface area contributed by atoms with Crippen LogP contribution in [-0.2, 0) is 0 Å². The summed E-state index contributed by atoms with van der Waals surface area (Å²) in [5.74, 6) is 1.02. The SMILES string of the molecule is CCCC(CN)(CO)CCSc1ccccc1. The normalized spacial score (nSPS) is 14.5. The lowest BCUT2D eigenvalue weighted by molar-refractivity contribution is 0.118. The van der Waals surface area contributed by atoms with E-state index in [9.17, 15) is 5.11 Å². The van der Waals surface area contributed by atoms with Crippen LogP contribution in [0.1, 0.15) is 26.2 Å². The van der Waals surface area contributed by atoms with Gasteiger partial charge in [-0.3, -0.25) is 0 Å². The molecule has 0 radical (unpaired) electrons. The Balaban J connectivity index is 2.42. The Morgan fingerprint density at radius 1 is 1.24 bits per heavy atom. The van der Waals surface area contributed by atoms with Crippen molar-refractivity contribution < 1.29 is 5.11 Å². The highest BCUT2D eigenvalue weighted by Gasteiger charge is 2.26. The third-order valence-corrected chi connectivity index (χ3v) is 4.21. The van der Waals surface area contributed by atoms with Crippen LogP contribution in [0.25, 0.3) is 0 Å². The lowest BCUT2D eigenvalue weighted by atomic mass is 9.82. The molecule has 1 aromatic rings. The molecule has 0 fully saturated rings. The van der Waals surface area contributed by atoms with Gasteiger partial charge in [-0.15, -0.1) is 11.8 Å². The van der Waals surface area contributed by atoms with Crippen LogP contribution in [0.3, 0.4) is 0 Å². The topological polar surface area (TPSA) is 46.2 Å². The highest BCUT2D eigenvalue weighted by atomic mass is 32.2. The minimum absolute atomic E-state index is 0.0729. The van der Waals surface area contributed by atoms with Gasteiger partial charge in [-0.2, -0.15) is 0 Å². The Kier molecular flexibility index (Phi) is 6.63. The van der Waals surface area contributed by atoms with Crippen LogP contribution in [0.15, 0.2) is 35.2 Å². The number of hydrogen-bond acceptors (Lipinski definition) is 3. The summed E-state index contributed by atoms with van der Waals surface area (Å²) in [5.41, 5.74) is 5.74. The molecule has 0 saturated carbocycles. The van der Waals surface area contributed by atoms with E-state index in [1.165, 1.54) is 4.90 Å². The number of rotatable bonds is 8. The van der Waals surface area contributed by atoms with Crippen molar-refractivity contribution in [3.63, 3.8) is 0 Å². The van der Waals surface area contributed by atoms with E-state index in [2.05, 4.69) is 31.2 Å². The van der Waals surface area contributed by atoms with Gasteiger partial charge in [-0.05, 0) is 30.7 Å². The van der Waals surface area contributed by atoms with Crippen molar-refractivity contribution >= 4 is 11.8 Å². The standard InChI is InChI=1S/C14H23NOS/c1-2-8-14(11-15,12-16)9-10-17-13-6-4-3-5-7-13/h3-7,16H,2,8-12,15H2,1H3. The zero-order valence-corrected chi connectivity index (χ0v) is 11.4. The van der Waals surface area contributed by atoms with Gasteiger partial charge in [0.2, 0.25) is 0 Å². The molecule has 3 N–H and O–H groups in total. The summed E-state index contributed by atoms with van der Waals surface area (Å²) in [7, 11) is 0. The van der Waals surface area contributed by atoms with Gasteiger partial charge < -0.3 is 10.8 Å². The van der Waals surface area contributed by atoms with Gasteiger partial charge >= 0.3 is 0 Å². The molecule has 1 aromatic carbocycles. The molecular formula is C14H23NOS. The Labute approximate surface area is 109 Å². The van der Waals surface area contributed by atoms with E-state index < -0.39 is 0 Å². The van der Waals surface area contributed by atoms with Crippen molar-refractivity contribution in [3.8, 4) is 0 Å². The second-order valence-electron chi connectivity index (χ2n) is 4.52. The van der Waals surface area contributed by atoms with Gasteiger partial charge in [0.05, 0.1) is 0 Å². The first-order chi connectivity index (χ1) is 8.26. The van der Waals surface area contributed by atoms with Crippen molar-refractivity contribution in [1.29, 1.82) is 0 Å². The summed E-state index contributed by atoms with van der Waals surface area (Å²) >= 11 is 1.84. The van der Waals surface area contributed by atoms with E-state index >= 15 is 0 Å². The van der Waals surface area contributed by atoms with Crippen LogP contribution in [0.5, 0.6) is 0 Å². The minimum Gasteiger partial charge on any atom is -0.396 e. The molecule has 17 heavy (non-hydrogen) atoms. The second kappa shape index (κ2) is 7.75. The third kappa shape index (κ3) is 4.70. The zero-order valence-electron chi connectivity index (χ0n) is 10.6. The van der Waals surface area contributed by atoms with Gasteiger partial charge in [0.1, 0.15) is 0 Å². The average Bonchev–Trinajstić information content (AvgIpc) is 2.39. The smallest absolute Gasteiger partial charge is 0.0499 e. The van der Waals surface area contributed by atoms with Crippen LogP contribution < -0.4 is 5.73 Å². The summed E-state index contributed by atoms with van der Waals surface area (Å²) < 4.78 is 0. The molecule has 0 heterocycles. The van der Waals surface area contributed by atoms with Crippen LogP contribution in [-0.4, -0.2) is 24.0 Å². The van der Waals surface area contributed by atoms with Gasteiger partial charge in [0, 0.05) is 23.5 Å². The predicted molar refractivity (Wildman–Crippen MR) is 75.3 cm³/mol. The van der Waals surface area contributed by atoms with E-state index in [0.717, 1.165) is 25.0 Å². The Morgan fingerprint density at radius 2 is 1.94 bits per heavy atom. The highest BCUT2D eigenvalue weighted by molar-refractivity contribution is 7.99. The molecule has 0 spiro atoms. The molecular weight excluding hydrogens is 230 g/mol. The molecule has 1 rings (SSSR count). The number of nitrogens with two attached hydrogens (primary N) is 1. The maximum atomic E-state index is 9.52. The molecule has 0 bridgehead atoms. The molecule has 96 valence electrons. The minimum atomic E-state index is -0.0729. The maximum Gasteiger partial charge on any atom is 0.0499 e. The number of thioether (sulfide) groups is 1. The summed E-state index contributed by atoms with van der Waals surface area (Å²) in [6.45, 7) is 2.92. The number of aliphatic hydroxyl groups is 1. The highest BCUT2D eigenvalue weighted by Crippen LogP contribution is 2.30. The van der Waals surface area contributed by atoms with Crippen LogP contribution in [0.4, 0.5) is 0 Å². The van der Waals surface area contributed by atoms with E-state index in [4.69, 9.17) is 5.73 Å². The Hall–Kier alpha value is -0.510. The molecule has 2 nitrogen and oxygen atoms in total. The quantitative estimate of drug-likeness (QED) is 0.700. The van der Waals surface area contributed by atoms with Crippen molar-refractivity contribution in [2.75, 3.05) is 18.9 Å². The fourth-order valence-corrected chi connectivity index (χ4v) is 3.10. The first kappa shape index (κ1) is 14.6. The van der Waals surface area contributed by atoms with Crippen molar-refractivity contribution in [2.45, 2.75) is 31.1 Å². The maximum absolute atomic E-state index is 9.52. The molecule has 0 aromatic heterocycles. The first-order valence-electron chi connectivity index (χ1n) is 6.25. The molecule has 1 unspecified atom stereocenters. The summed E-state index contributed by atoms with van der Waals surface area (Å²) in [6, 6.07) is 10.4. The molecule has 0 aliphatic heterocycles. The Morgan fingerprint density at radius 3 is 2.47 bits per heavy atom. The molecule has 1 atom stereocenters. The van der Waals surface area contributed by atoms with E-state index in [0.29, 0.717) is 6.54 Å². The largest absolute Gasteiger partial charge is 0.396 e. The number of aliphatic hydroxyl groups excluding tert-OH is 1. The van der Waals surface area contributed by atoms with Gasteiger partial charge in [-0.25, -0.2) is 0 Å². The third-order valence-electron chi connectivity index (χ3n) is 3.19. The fraction of sp³-hybridized carbons (Fsp3) is 0.571. The molecule has 0 aliphatic carbocycles. The molecule has 0 saturated heterocycles. The number of benzene rings is 1.